The highest BCUT2D eigenvalue weighted by atomic mass is 16.2. The third-order valence-electron chi connectivity index (χ3n) is 5.98. The van der Waals surface area contributed by atoms with Crippen LogP contribution in [0.3, 0.4) is 0 Å². The molecule has 0 radical (unpaired) electrons. The number of piperidine rings is 1. The summed E-state index contributed by atoms with van der Waals surface area (Å²) in [6, 6.07) is 5.27. The maximum Gasteiger partial charge on any atom is 0.313 e. The van der Waals surface area contributed by atoms with Crippen molar-refractivity contribution in [2.75, 3.05) is 22.9 Å². The fraction of sp³-hybridized carbons (Fsp3) is 0.435. The number of nitrogens with two attached hydrogens (primary N) is 1. The zero-order chi connectivity index (χ0) is 23.5. The third kappa shape index (κ3) is 4.87. The number of anilines is 3. The average Bonchev–Trinajstić information content (AvgIpc) is 2.76. The van der Waals surface area contributed by atoms with Crippen LogP contribution in [0, 0.1) is 5.92 Å². The van der Waals surface area contributed by atoms with Crippen LogP contribution in [-0.2, 0) is 26.3 Å². The predicted octanol–water partition coefficient (Wildman–Crippen LogP) is 2.69. The fourth-order valence-corrected chi connectivity index (χ4v) is 4.02. The van der Waals surface area contributed by atoms with Gasteiger partial charge in [-0.3, -0.25) is 14.4 Å². The second kappa shape index (κ2) is 9.33. The van der Waals surface area contributed by atoms with Crippen LogP contribution in [0.25, 0.3) is 0 Å². The quantitative estimate of drug-likeness (QED) is 0.629. The SMILES string of the molecule is CCc1cc(NC(=O)C(=O)N2C[C@@H](C)CC[C@@]2(C)c2ccc(NC(C)=O)nc2)cnc1N. The molecule has 3 heterocycles. The maximum atomic E-state index is 13.3. The van der Waals surface area contributed by atoms with Crippen molar-refractivity contribution in [3.05, 3.63) is 41.7 Å². The fourth-order valence-electron chi connectivity index (χ4n) is 4.02. The molecule has 0 saturated carbocycles. The number of nitrogens with zero attached hydrogens (tertiary/aromatic N) is 3. The average molecular weight is 439 g/mol. The molecule has 9 nitrogen and oxygen atoms in total. The van der Waals surface area contributed by atoms with Crippen LogP contribution in [0.1, 0.15) is 51.7 Å². The summed E-state index contributed by atoms with van der Waals surface area (Å²) in [7, 11) is 0. The monoisotopic (exact) mass is 438 g/mol. The zero-order valence-electron chi connectivity index (χ0n) is 18.9. The number of aromatic nitrogens is 2. The van der Waals surface area contributed by atoms with Crippen molar-refractivity contribution in [1.29, 1.82) is 0 Å². The highest BCUT2D eigenvalue weighted by Gasteiger charge is 2.43. The molecule has 9 heteroatoms. The van der Waals surface area contributed by atoms with Crippen LogP contribution < -0.4 is 16.4 Å². The van der Waals surface area contributed by atoms with Crippen LogP contribution >= 0.6 is 0 Å². The number of amides is 3. The van der Waals surface area contributed by atoms with Gasteiger partial charge >= 0.3 is 11.8 Å². The van der Waals surface area contributed by atoms with Gasteiger partial charge in [-0.05, 0) is 55.4 Å². The summed E-state index contributed by atoms with van der Waals surface area (Å²) in [6.07, 6.45) is 5.37. The molecule has 1 saturated heterocycles. The van der Waals surface area contributed by atoms with E-state index in [-0.39, 0.29) is 11.8 Å². The smallest absolute Gasteiger partial charge is 0.313 e. The molecule has 4 N–H and O–H groups in total. The normalized spacial score (nSPS) is 20.5. The first-order valence-electron chi connectivity index (χ1n) is 10.8. The molecule has 1 aliphatic rings. The second-order valence-corrected chi connectivity index (χ2v) is 8.52. The van der Waals surface area contributed by atoms with E-state index in [2.05, 4.69) is 27.5 Å². The molecule has 0 aromatic carbocycles. The van der Waals surface area contributed by atoms with E-state index < -0.39 is 17.4 Å². The van der Waals surface area contributed by atoms with E-state index in [1.807, 2.05) is 19.9 Å². The van der Waals surface area contributed by atoms with Gasteiger partial charge in [-0.2, -0.15) is 0 Å². The number of pyridine rings is 2. The number of likely N-dealkylation sites (tertiary alicyclic amines) is 1. The van der Waals surface area contributed by atoms with Gasteiger partial charge in [0.05, 0.1) is 17.4 Å². The van der Waals surface area contributed by atoms with Crippen LogP contribution in [0.4, 0.5) is 17.3 Å². The van der Waals surface area contributed by atoms with Crippen LogP contribution in [0.15, 0.2) is 30.6 Å². The molecular weight excluding hydrogens is 408 g/mol. The number of hydrogen-bond donors (Lipinski definition) is 3. The molecule has 0 aliphatic carbocycles. The van der Waals surface area contributed by atoms with Crippen molar-refractivity contribution in [2.45, 2.75) is 52.5 Å². The van der Waals surface area contributed by atoms with Crippen molar-refractivity contribution in [1.82, 2.24) is 14.9 Å². The van der Waals surface area contributed by atoms with Crippen molar-refractivity contribution in [2.24, 2.45) is 5.92 Å². The predicted molar refractivity (Wildman–Crippen MR) is 123 cm³/mol. The molecule has 2 aromatic rings. The largest absolute Gasteiger partial charge is 0.383 e. The first-order valence-corrected chi connectivity index (χ1v) is 10.8. The van der Waals surface area contributed by atoms with Gasteiger partial charge < -0.3 is 21.3 Å². The molecule has 3 rings (SSSR count). The lowest BCUT2D eigenvalue weighted by atomic mass is 9.79. The van der Waals surface area contributed by atoms with Gasteiger partial charge in [-0.25, -0.2) is 9.97 Å². The summed E-state index contributed by atoms with van der Waals surface area (Å²) >= 11 is 0. The lowest BCUT2D eigenvalue weighted by Crippen LogP contribution is -2.55. The lowest BCUT2D eigenvalue weighted by molar-refractivity contribution is -0.150. The molecule has 0 bridgehead atoms. The summed E-state index contributed by atoms with van der Waals surface area (Å²) in [5.41, 5.74) is 7.18. The van der Waals surface area contributed by atoms with Gasteiger partial charge in [0.1, 0.15) is 11.6 Å². The van der Waals surface area contributed by atoms with Crippen LogP contribution in [-0.4, -0.2) is 39.1 Å². The first-order chi connectivity index (χ1) is 15.1. The Kier molecular flexibility index (Phi) is 6.76. The molecular formula is C23H30N6O3. The number of carbonyl (C=O) groups excluding carboxylic acids is 3. The minimum Gasteiger partial charge on any atom is -0.383 e. The van der Waals surface area contributed by atoms with Crippen molar-refractivity contribution in [3.8, 4) is 0 Å². The number of nitrogens with one attached hydrogen (secondary N) is 2. The van der Waals surface area contributed by atoms with E-state index in [0.29, 0.717) is 36.7 Å². The third-order valence-corrected chi connectivity index (χ3v) is 5.98. The van der Waals surface area contributed by atoms with Gasteiger partial charge in [-0.1, -0.05) is 19.9 Å². The van der Waals surface area contributed by atoms with Crippen molar-refractivity contribution < 1.29 is 14.4 Å². The minimum absolute atomic E-state index is 0.209. The highest BCUT2D eigenvalue weighted by molar-refractivity contribution is 6.39. The Morgan fingerprint density at radius 3 is 2.59 bits per heavy atom. The first kappa shape index (κ1) is 23.2. The Labute approximate surface area is 187 Å². The van der Waals surface area contributed by atoms with E-state index >= 15 is 0 Å². The summed E-state index contributed by atoms with van der Waals surface area (Å²) in [5.74, 6) is -0.436. The zero-order valence-corrected chi connectivity index (χ0v) is 18.9. The molecule has 32 heavy (non-hydrogen) atoms. The van der Waals surface area contributed by atoms with Gasteiger partial charge in [0.25, 0.3) is 0 Å². The van der Waals surface area contributed by atoms with E-state index in [4.69, 9.17) is 5.73 Å². The molecule has 3 amide bonds. The Morgan fingerprint density at radius 1 is 1.22 bits per heavy atom. The van der Waals surface area contributed by atoms with Crippen LogP contribution in [0.2, 0.25) is 0 Å². The van der Waals surface area contributed by atoms with Gasteiger partial charge in [0.2, 0.25) is 5.91 Å². The van der Waals surface area contributed by atoms with E-state index in [0.717, 1.165) is 17.5 Å². The molecule has 1 fully saturated rings. The highest BCUT2D eigenvalue weighted by Crippen LogP contribution is 2.39. The minimum atomic E-state index is -0.721. The molecule has 0 unspecified atom stereocenters. The lowest BCUT2D eigenvalue weighted by Gasteiger charge is -2.46. The summed E-state index contributed by atoms with van der Waals surface area (Å²) in [4.78, 5) is 47.4. The number of hydrogen-bond acceptors (Lipinski definition) is 6. The maximum absolute atomic E-state index is 13.3. The van der Waals surface area contributed by atoms with Gasteiger partial charge in [0.15, 0.2) is 0 Å². The van der Waals surface area contributed by atoms with E-state index in [9.17, 15) is 14.4 Å². The molecule has 170 valence electrons. The number of nitrogen functional groups attached to an aromatic ring is 1. The molecule has 2 aromatic heterocycles. The Hall–Kier alpha value is -3.49. The Bertz CT molecular complexity index is 1020. The second-order valence-electron chi connectivity index (χ2n) is 8.52. The van der Waals surface area contributed by atoms with Crippen molar-refractivity contribution in [3.63, 3.8) is 0 Å². The molecule has 2 atom stereocenters. The standard InChI is InChI=1S/C23H30N6O3/c1-5-16-10-18(12-26-20(16)24)28-21(31)22(32)29-13-14(2)8-9-23(29,4)17-6-7-19(25-11-17)27-15(3)30/h6-7,10-12,14H,5,8-9,13H2,1-4H3,(H2,24,26)(H,28,31)(H,25,27,30)/t14-,23-/m0/s1. The van der Waals surface area contributed by atoms with Gasteiger partial charge in [-0.15, -0.1) is 0 Å². The van der Waals surface area contributed by atoms with Crippen LogP contribution in [0.5, 0.6) is 0 Å². The molecule has 1 aliphatic heterocycles. The number of carbonyl (C=O) groups is 3. The topological polar surface area (TPSA) is 130 Å². The summed E-state index contributed by atoms with van der Waals surface area (Å²) in [6.45, 7) is 7.82. The Balaban J connectivity index is 1.84. The Morgan fingerprint density at radius 2 is 1.97 bits per heavy atom. The van der Waals surface area contributed by atoms with Gasteiger partial charge in [0, 0.05) is 19.7 Å². The molecule has 0 spiro atoms. The number of aryl methyl sites for hydroxylation is 1. The van der Waals surface area contributed by atoms with E-state index in [1.165, 1.54) is 13.1 Å². The van der Waals surface area contributed by atoms with E-state index in [1.54, 1.807) is 23.2 Å². The summed E-state index contributed by atoms with van der Waals surface area (Å²) in [5, 5.41) is 5.30. The summed E-state index contributed by atoms with van der Waals surface area (Å²) < 4.78 is 0. The van der Waals surface area contributed by atoms with Crippen molar-refractivity contribution >= 4 is 35.0 Å². The number of rotatable bonds is 4.